The predicted octanol–water partition coefficient (Wildman–Crippen LogP) is 1.62. The molecule has 4 aliphatic rings. The zero-order valence-electron chi connectivity index (χ0n) is 61.4. The molecule has 11 N–H and O–H groups in total. The average Bonchev–Trinajstić information content (AvgIpc) is 0.756. The topological polar surface area (TPSA) is 620 Å². The van der Waals surface area contributed by atoms with E-state index in [4.69, 9.17) is 83.0 Å². The van der Waals surface area contributed by atoms with Crippen molar-refractivity contribution in [3.8, 4) is 0 Å². The summed E-state index contributed by atoms with van der Waals surface area (Å²) in [5.74, 6) is -4.28. The van der Waals surface area contributed by atoms with Crippen molar-refractivity contribution in [1.29, 1.82) is 0 Å². The van der Waals surface area contributed by atoms with Gasteiger partial charge in [0.1, 0.15) is 79.7 Å². The lowest BCUT2D eigenvalue weighted by Crippen LogP contribution is -2.71. The highest BCUT2D eigenvalue weighted by molar-refractivity contribution is 7.84. The van der Waals surface area contributed by atoms with Crippen LogP contribution < -0.4 is 14.8 Å². The standard InChI is InChI=1S/C69H81N3O41S6/c73-63(74)59-57(55(100-36-44-25-13-4-14-26-44)61(112-118(90,91)92)67(110-59)96-32-31-70-69(77)102-38-46-29-17-6-18-30-46)108-66-50(72-115(81,82)83)54(99-35-43-23-11-3-12-24-43)52(48(106-66)40-104-117(87,88)89)107-68-62(113-119(93,94)95)56(101-37-45-27-15-5-16-28-45)58(60(111-68)64(75)76)109-65-49(71-114(78,79)80)53(98-34-42-21-9-2-10-22-42)51(47(105-65)39-103-116(84,85)86)97-33-41-19-7-1-8-20-41/h1-30,47-62,65-68,71-72H,31-40H2,(H,70,77)(H,73,74)(H,75,76)(H,78,79,80)(H,81,82,83)(H,84,85,86)(H,87,88,89)(H,90,91,92)(H,93,94,95)/t47-,48-,49-,50-,51-,52-,53-,54-,55+,56+,57+,58+,59-,60-,61-,62-,65-,66-,67-,68-/m1/s1. The van der Waals surface area contributed by atoms with Crippen LogP contribution in [0.2, 0.25) is 0 Å². The Labute approximate surface area is 680 Å². The summed E-state index contributed by atoms with van der Waals surface area (Å²) in [6.07, 6.45) is -46.3. The van der Waals surface area contributed by atoms with E-state index in [-0.39, 0.29) is 23.3 Å². The number of benzene rings is 6. The van der Waals surface area contributed by atoms with E-state index < -0.39 is 262 Å². The summed E-state index contributed by atoms with van der Waals surface area (Å²) in [6.45, 7) is -7.69. The van der Waals surface area contributed by atoms with Gasteiger partial charge in [-0.2, -0.15) is 60.0 Å². The lowest BCUT2D eigenvalue weighted by Gasteiger charge is -2.51. The first-order valence-corrected chi connectivity index (χ1v) is 43.6. The summed E-state index contributed by atoms with van der Waals surface area (Å²) in [7, 11) is -34.7. The van der Waals surface area contributed by atoms with Crippen LogP contribution in [0.3, 0.4) is 0 Å². The van der Waals surface area contributed by atoms with Crippen molar-refractivity contribution in [2.75, 3.05) is 26.4 Å². The maximum absolute atomic E-state index is 14.3. The third kappa shape index (κ3) is 29.5. The second kappa shape index (κ2) is 42.3. The fraction of sp³-hybridized carbons (Fsp3) is 0.435. The minimum atomic E-state index is -6.14. The third-order valence-corrected chi connectivity index (χ3v) is 20.7. The van der Waals surface area contributed by atoms with E-state index in [0.717, 1.165) is 0 Å². The van der Waals surface area contributed by atoms with E-state index in [9.17, 15) is 102 Å². The van der Waals surface area contributed by atoms with Gasteiger partial charge in [-0.05, 0) is 33.4 Å². The number of amides is 1. The van der Waals surface area contributed by atoms with Crippen LogP contribution in [0, 0.1) is 0 Å². The van der Waals surface area contributed by atoms with Crippen LogP contribution in [0.25, 0.3) is 0 Å². The molecule has 20 atom stereocenters. The number of carbonyl (C=O) groups is 3. The Balaban J connectivity index is 1.08. The number of alkyl carbamates (subject to hydrolysis) is 1. The number of hydrogen-bond acceptors (Lipinski definition) is 33. The van der Waals surface area contributed by atoms with Crippen molar-refractivity contribution >= 4 is 80.2 Å². The van der Waals surface area contributed by atoms with Crippen LogP contribution >= 0.6 is 0 Å². The molecule has 6 aromatic carbocycles. The molecule has 0 unspecified atom stereocenters. The summed E-state index contributed by atoms with van der Waals surface area (Å²) < 4.78 is 330. The van der Waals surface area contributed by atoms with Gasteiger partial charge in [-0.25, -0.2) is 31.1 Å². The monoisotopic (exact) mass is 1800 g/mol. The van der Waals surface area contributed by atoms with Crippen molar-refractivity contribution in [2.24, 2.45) is 0 Å². The number of aliphatic carboxylic acids is 2. The molecule has 4 heterocycles. The smallest absolute Gasteiger partial charge is 0.407 e. The van der Waals surface area contributed by atoms with Crippen LogP contribution in [0.1, 0.15) is 33.4 Å². The number of nitrogens with one attached hydrogen (secondary N) is 3. The predicted molar refractivity (Wildman–Crippen MR) is 395 cm³/mol. The first-order chi connectivity index (χ1) is 56.3. The Morgan fingerprint density at radius 1 is 0.328 bits per heavy atom. The highest BCUT2D eigenvalue weighted by atomic mass is 32.3. The van der Waals surface area contributed by atoms with E-state index in [2.05, 4.69) is 5.32 Å². The minimum absolute atomic E-state index is 0.130. The first-order valence-electron chi connectivity index (χ1n) is 35.2. The molecule has 654 valence electrons. The van der Waals surface area contributed by atoms with Gasteiger partial charge in [0, 0.05) is 6.54 Å². The highest BCUT2D eigenvalue weighted by Gasteiger charge is 2.62. The SMILES string of the molecule is O=C(NCCO[C@@H]1O[C@@H](C(=O)O)[C@@H](O[C@H]2O[C@H](COS(=O)(=O)O)[C@@H](O[C@@H]3O[C@@H](C(=O)O)[C@@H](O[C@H]4O[C@H](COS(=O)(=O)O)[C@@H](OCc5ccccc5)[C@H](OCc5ccccc5)[C@H]4NS(=O)(=O)O)[C@H](OCc4ccccc4)[C@H]3OS(=O)(=O)O)[C@H](OCc3ccccc3)[C@H]2NS(=O)(=O)O)[C@H](OCc2ccccc2)[C@H]1OS(=O)(=O)O)OCc1ccccc1. The quantitative estimate of drug-likeness (QED) is 0.0191. The molecule has 0 radical (unpaired) electrons. The first kappa shape index (κ1) is 93.5. The number of carboxylic acid groups (broad SMARTS) is 2. The van der Waals surface area contributed by atoms with Crippen molar-refractivity contribution < 1.29 is 185 Å². The summed E-state index contributed by atoms with van der Waals surface area (Å²) in [6, 6.07) is 41.0. The molecule has 6 aromatic rings. The van der Waals surface area contributed by atoms with Gasteiger partial charge in [0.05, 0.1) is 52.9 Å². The van der Waals surface area contributed by atoms with Crippen molar-refractivity contribution in [3.05, 3.63) is 215 Å². The lowest BCUT2D eigenvalue weighted by molar-refractivity contribution is -0.374. The number of carboxylic acids is 2. The molecule has 44 nitrogen and oxygen atoms in total. The Morgan fingerprint density at radius 2 is 0.630 bits per heavy atom. The second-order valence-corrected chi connectivity index (χ2v) is 32.9. The normalized spacial score (nSPS) is 27.8. The molecular weight excluding hydrogens is 1720 g/mol. The van der Waals surface area contributed by atoms with Crippen LogP contribution in [0.4, 0.5) is 4.79 Å². The van der Waals surface area contributed by atoms with Gasteiger partial charge >= 0.3 is 80.2 Å². The van der Waals surface area contributed by atoms with Gasteiger partial charge in [0.2, 0.25) is 0 Å². The van der Waals surface area contributed by atoms with Gasteiger partial charge in [-0.15, -0.1) is 0 Å². The molecular formula is C69H81N3O41S6. The second-order valence-electron chi connectivity index (χ2n) is 26.2. The number of carbonyl (C=O) groups excluding carboxylic acids is 1. The number of rotatable bonds is 43. The molecule has 0 spiro atoms. The van der Waals surface area contributed by atoms with Crippen molar-refractivity contribution in [1.82, 2.24) is 14.8 Å². The molecule has 0 aliphatic carbocycles. The molecule has 50 heteroatoms. The Morgan fingerprint density at radius 3 is 0.966 bits per heavy atom. The fourth-order valence-corrected chi connectivity index (χ4v) is 15.6. The van der Waals surface area contributed by atoms with Crippen LogP contribution in [0.15, 0.2) is 182 Å². The van der Waals surface area contributed by atoms with Crippen molar-refractivity contribution in [2.45, 2.75) is 162 Å². The molecule has 4 aliphatic heterocycles. The Kier molecular flexibility index (Phi) is 33.3. The zero-order valence-corrected chi connectivity index (χ0v) is 66.3. The summed E-state index contributed by atoms with van der Waals surface area (Å²) in [5.41, 5.74) is 1.84. The number of hydrogen-bond donors (Lipinski definition) is 11. The zero-order chi connectivity index (χ0) is 85.9. The van der Waals surface area contributed by atoms with E-state index in [0.29, 0.717) is 16.7 Å². The van der Waals surface area contributed by atoms with E-state index in [1.165, 1.54) is 97.1 Å². The molecule has 0 bridgehead atoms. The molecule has 0 saturated carbocycles. The molecule has 0 aromatic heterocycles. The molecule has 4 fully saturated rings. The summed E-state index contributed by atoms with van der Waals surface area (Å²) >= 11 is 0. The third-order valence-electron chi connectivity index (χ3n) is 17.7. The molecule has 4 saturated heterocycles. The fourth-order valence-electron chi connectivity index (χ4n) is 12.8. The largest absolute Gasteiger partial charge is 0.479 e. The maximum Gasteiger partial charge on any atom is 0.407 e. The Bertz CT molecular complexity index is 4980. The Hall–Kier alpha value is -7.77. The van der Waals surface area contributed by atoms with E-state index in [1.807, 2.05) is 4.72 Å². The summed E-state index contributed by atoms with van der Waals surface area (Å²) in [5, 5.41) is 24.9. The average molecular weight is 1800 g/mol. The van der Waals surface area contributed by atoms with E-state index >= 15 is 0 Å². The van der Waals surface area contributed by atoms with Crippen molar-refractivity contribution in [3.63, 3.8) is 0 Å². The lowest BCUT2D eigenvalue weighted by atomic mass is 9.94. The van der Waals surface area contributed by atoms with Crippen LogP contribution in [-0.4, -0.2) is 255 Å². The van der Waals surface area contributed by atoms with Crippen LogP contribution in [-0.2, 0) is 194 Å². The maximum atomic E-state index is 14.3. The molecule has 10 rings (SSSR count). The highest BCUT2D eigenvalue weighted by Crippen LogP contribution is 2.41. The number of ether oxygens (including phenoxy) is 14. The van der Waals surface area contributed by atoms with Gasteiger partial charge in [0.25, 0.3) is 0 Å². The van der Waals surface area contributed by atoms with Gasteiger partial charge in [-0.3, -0.25) is 27.3 Å². The minimum Gasteiger partial charge on any atom is -0.479 e. The van der Waals surface area contributed by atoms with Crippen LogP contribution in [0.5, 0.6) is 0 Å². The molecule has 119 heavy (non-hydrogen) atoms. The van der Waals surface area contributed by atoms with Gasteiger partial charge < -0.3 is 81.8 Å². The van der Waals surface area contributed by atoms with E-state index in [1.54, 1.807) is 89.7 Å². The van der Waals surface area contributed by atoms with Gasteiger partial charge in [-0.1, -0.05) is 182 Å². The van der Waals surface area contributed by atoms with Gasteiger partial charge in [0.15, 0.2) is 49.6 Å². The molecule has 1 amide bonds. The summed E-state index contributed by atoms with van der Waals surface area (Å²) in [4.78, 5) is 40.8.